The van der Waals surface area contributed by atoms with Crippen LogP contribution in [0.1, 0.15) is 28.7 Å². The third-order valence-corrected chi connectivity index (χ3v) is 5.77. The van der Waals surface area contributed by atoms with E-state index in [1.807, 2.05) is 44.4 Å². The van der Waals surface area contributed by atoms with Crippen molar-refractivity contribution < 1.29 is 9.59 Å². The van der Waals surface area contributed by atoms with E-state index >= 15 is 0 Å². The standard InChI is InChI=1S/C23H29N3O2S/c1-15-10-16(2)12-19(11-15)25-22(27)20(8-9-29-3)26-23(28)21-13-17-6-4-5-7-18(17)14-24-21/h4-7,10-12,20-21,24H,8-9,13-14H2,1-3H3,(H,25,27)(H,26,28)/t20-,21+/m0/s1. The number of carbonyl (C=O) groups is 2. The lowest BCUT2D eigenvalue weighted by Crippen LogP contribution is -2.53. The van der Waals surface area contributed by atoms with E-state index in [1.165, 1.54) is 11.1 Å². The largest absolute Gasteiger partial charge is 0.343 e. The number of benzene rings is 2. The second kappa shape index (κ2) is 9.94. The molecule has 1 aliphatic rings. The van der Waals surface area contributed by atoms with Crippen molar-refractivity contribution in [3.8, 4) is 0 Å². The van der Waals surface area contributed by atoms with Crippen molar-refractivity contribution in [1.82, 2.24) is 10.6 Å². The lowest BCUT2D eigenvalue weighted by atomic mass is 9.95. The highest BCUT2D eigenvalue weighted by atomic mass is 32.2. The van der Waals surface area contributed by atoms with Gasteiger partial charge in [-0.1, -0.05) is 30.3 Å². The molecular weight excluding hydrogens is 382 g/mol. The molecule has 0 aliphatic carbocycles. The smallest absolute Gasteiger partial charge is 0.246 e. The van der Waals surface area contributed by atoms with E-state index in [9.17, 15) is 9.59 Å². The molecule has 154 valence electrons. The minimum Gasteiger partial charge on any atom is -0.343 e. The summed E-state index contributed by atoms with van der Waals surface area (Å²) in [6.07, 6.45) is 3.23. The van der Waals surface area contributed by atoms with E-state index in [2.05, 4.69) is 34.1 Å². The summed E-state index contributed by atoms with van der Waals surface area (Å²) in [5, 5.41) is 9.24. The Morgan fingerprint density at radius 2 is 1.83 bits per heavy atom. The van der Waals surface area contributed by atoms with Crippen LogP contribution in [0, 0.1) is 13.8 Å². The van der Waals surface area contributed by atoms with E-state index in [0.717, 1.165) is 22.6 Å². The molecule has 3 rings (SSSR count). The van der Waals surface area contributed by atoms with Crippen LogP contribution < -0.4 is 16.0 Å². The van der Waals surface area contributed by atoms with Crippen molar-refractivity contribution in [1.29, 1.82) is 0 Å². The van der Waals surface area contributed by atoms with Crippen molar-refractivity contribution in [2.24, 2.45) is 0 Å². The Morgan fingerprint density at radius 3 is 2.52 bits per heavy atom. The molecule has 0 bridgehead atoms. The van der Waals surface area contributed by atoms with Gasteiger partial charge in [0.15, 0.2) is 0 Å². The normalized spacial score (nSPS) is 16.6. The Labute approximate surface area is 177 Å². The molecule has 0 unspecified atom stereocenters. The van der Waals surface area contributed by atoms with Crippen molar-refractivity contribution in [2.45, 2.75) is 45.3 Å². The zero-order valence-electron chi connectivity index (χ0n) is 17.2. The number of rotatable bonds is 7. The Balaban J connectivity index is 1.66. The fourth-order valence-electron chi connectivity index (χ4n) is 3.69. The summed E-state index contributed by atoms with van der Waals surface area (Å²) in [6.45, 7) is 4.67. The maximum Gasteiger partial charge on any atom is 0.246 e. The topological polar surface area (TPSA) is 70.2 Å². The van der Waals surface area contributed by atoms with Crippen LogP contribution in [0.5, 0.6) is 0 Å². The number of anilines is 1. The number of aryl methyl sites for hydroxylation is 2. The fraction of sp³-hybridized carbons (Fsp3) is 0.391. The number of amides is 2. The highest BCUT2D eigenvalue weighted by Crippen LogP contribution is 2.17. The molecule has 0 saturated carbocycles. The lowest BCUT2D eigenvalue weighted by molar-refractivity contribution is -0.128. The molecule has 1 heterocycles. The molecule has 5 nitrogen and oxygen atoms in total. The van der Waals surface area contributed by atoms with Crippen LogP contribution in [-0.2, 0) is 22.6 Å². The Kier molecular flexibility index (Phi) is 7.34. The average molecular weight is 412 g/mol. The van der Waals surface area contributed by atoms with E-state index in [1.54, 1.807) is 11.8 Å². The molecule has 0 radical (unpaired) electrons. The van der Waals surface area contributed by atoms with Gasteiger partial charge in [-0.05, 0) is 73.1 Å². The summed E-state index contributed by atoms with van der Waals surface area (Å²) in [5.41, 5.74) is 5.36. The van der Waals surface area contributed by atoms with Gasteiger partial charge < -0.3 is 16.0 Å². The van der Waals surface area contributed by atoms with Gasteiger partial charge in [-0.2, -0.15) is 11.8 Å². The first-order valence-corrected chi connectivity index (χ1v) is 11.3. The summed E-state index contributed by atoms with van der Waals surface area (Å²) in [6, 6.07) is 13.2. The number of nitrogens with one attached hydrogen (secondary N) is 3. The first-order chi connectivity index (χ1) is 14.0. The van der Waals surface area contributed by atoms with Crippen LogP contribution in [0.4, 0.5) is 5.69 Å². The summed E-state index contributed by atoms with van der Waals surface area (Å²) >= 11 is 1.67. The van der Waals surface area contributed by atoms with Gasteiger partial charge in [0.2, 0.25) is 11.8 Å². The van der Waals surface area contributed by atoms with Crippen LogP contribution in [0.3, 0.4) is 0 Å². The molecule has 0 aromatic heterocycles. The van der Waals surface area contributed by atoms with Gasteiger partial charge in [0, 0.05) is 12.2 Å². The lowest BCUT2D eigenvalue weighted by Gasteiger charge is -2.27. The zero-order valence-corrected chi connectivity index (χ0v) is 18.1. The number of carbonyl (C=O) groups excluding carboxylic acids is 2. The van der Waals surface area contributed by atoms with Gasteiger partial charge in [-0.15, -0.1) is 0 Å². The number of fused-ring (bicyclic) bond motifs is 1. The Bertz CT molecular complexity index is 864. The monoisotopic (exact) mass is 411 g/mol. The molecule has 6 heteroatoms. The number of thioether (sulfide) groups is 1. The SMILES string of the molecule is CSCC[C@H](NC(=O)[C@H]1Cc2ccccc2CN1)C(=O)Nc1cc(C)cc(C)c1. The molecule has 2 aromatic rings. The maximum atomic E-state index is 12.9. The molecule has 0 spiro atoms. The van der Waals surface area contributed by atoms with Crippen LogP contribution >= 0.6 is 11.8 Å². The third-order valence-electron chi connectivity index (χ3n) is 5.13. The minimum absolute atomic E-state index is 0.124. The summed E-state index contributed by atoms with van der Waals surface area (Å²) in [7, 11) is 0. The van der Waals surface area contributed by atoms with Crippen molar-refractivity contribution in [3.63, 3.8) is 0 Å². The molecule has 2 amide bonds. The molecule has 3 N–H and O–H groups in total. The molecule has 0 fully saturated rings. The van der Waals surface area contributed by atoms with E-state index in [4.69, 9.17) is 0 Å². The van der Waals surface area contributed by atoms with Gasteiger partial charge in [0.25, 0.3) is 0 Å². The molecule has 2 atom stereocenters. The predicted molar refractivity (Wildman–Crippen MR) is 120 cm³/mol. The Hall–Kier alpha value is -2.31. The van der Waals surface area contributed by atoms with Gasteiger partial charge in [-0.25, -0.2) is 0 Å². The first kappa shape index (κ1) is 21.4. The molecule has 29 heavy (non-hydrogen) atoms. The number of hydrogen-bond donors (Lipinski definition) is 3. The van der Waals surface area contributed by atoms with Gasteiger partial charge in [-0.3, -0.25) is 9.59 Å². The Morgan fingerprint density at radius 1 is 1.14 bits per heavy atom. The van der Waals surface area contributed by atoms with Crippen LogP contribution in [0.15, 0.2) is 42.5 Å². The van der Waals surface area contributed by atoms with Crippen LogP contribution in [-0.4, -0.2) is 35.9 Å². The average Bonchev–Trinajstić information content (AvgIpc) is 2.69. The van der Waals surface area contributed by atoms with Crippen molar-refractivity contribution in [2.75, 3.05) is 17.3 Å². The van der Waals surface area contributed by atoms with Crippen molar-refractivity contribution in [3.05, 3.63) is 64.7 Å². The summed E-state index contributed by atoms with van der Waals surface area (Å²) in [4.78, 5) is 25.8. The van der Waals surface area contributed by atoms with Gasteiger partial charge in [0.05, 0.1) is 6.04 Å². The third kappa shape index (κ3) is 5.84. The molecule has 1 aliphatic heterocycles. The second-order valence-electron chi connectivity index (χ2n) is 7.61. The zero-order chi connectivity index (χ0) is 20.8. The highest BCUT2D eigenvalue weighted by Gasteiger charge is 2.28. The summed E-state index contributed by atoms with van der Waals surface area (Å²) < 4.78 is 0. The maximum absolute atomic E-state index is 12.9. The first-order valence-electron chi connectivity index (χ1n) is 9.95. The van der Waals surface area contributed by atoms with Gasteiger partial charge in [0.1, 0.15) is 6.04 Å². The number of hydrogen-bond acceptors (Lipinski definition) is 4. The molecule has 2 aromatic carbocycles. The quantitative estimate of drug-likeness (QED) is 0.654. The van der Waals surface area contributed by atoms with E-state index in [0.29, 0.717) is 19.4 Å². The van der Waals surface area contributed by atoms with E-state index < -0.39 is 6.04 Å². The van der Waals surface area contributed by atoms with E-state index in [-0.39, 0.29) is 17.9 Å². The van der Waals surface area contributed by atoms with Crippen LogP contribution in [0.2, 0.25) is 0 Å². The minimum atomic E-state index is -0.560. The highest BCUT2D eigenvalue weighted by molar-refractivity contribution is 7.98. The second-order valence-corrected chi connectivity index (χ2v) is 8.60. The molecular formula is C23H29N3O2S. The van der Waals surface area contributed by atoms with Gasteiger partial charge >= 0.3 is 0 Å². The predicted octanol–water partition coefficient (Wildman–Crippen LogP) is 3.19. The fourth-order valence-corrected chi connectivity index (χ4v) is 4.16. The van der Waals surface area contributed by atoms with Crippen LogP contribution in [0.25, 0.3) is 0 Å². The summed E-state index contributed by atoms with van der Waals surface area (Å²) in [5.74, 6) is 0.501. The van der Waals surface area contributed by atoms with Crippen molar-refractivity contribution >= 4 is 29.3 Å². The molecule has 0 saturated heterocycles.